The van der Waals surface area contributed by atoms with E-state index in [0.29, 0.717) is 11.6 Å². The van der Waals surface area contributed by atoms with E-state index in [0.717, 1.165) is 35.7 Å². The summed E-state index contributed by atoms with van der Waals surface area (Å²) in [5, 5.41) is 0. The van der Waals surface area contributed by atoms with Gasteiger partial charge in [0.05, 0.1) is 7.11 Å². The highest BCUT2D eigenvalue weighted by molar-refractivity contribution is 6.12. The molecule has 26 heavy (non-hydrogen) atoms. The van der Waals surface area contributed by atoms with Gasteiger partial charge in [0.2, 0.25) is 5.90 Å². The van der Waals surface area contributed by atoms with E-state index in [2.05, 4.69) is 23.7 Å². The molecule has 0 radical (unpaired) electrons. The molecule has 0 aliphatic carbocycles. The Hall–Kier alpha value is -3.08. The van der Waals surface area contributed by atoms with E-state index >= 15 is 0 Å². The molecule has 1 heterocycles. The fourth-order valence-electron chi connectivity index (χ4n) is 2.79. The van der Waals surface area contributed by atoms with Gasteiger partial charge in [0.1, 0.15) is 5.75 Å². The van der Waals surface area contributed by atoms with Crippen LogP contribution in [0, 0.1) is 0 Å². The largest absolute Gasteiger partial charge is 0.497 e. The smallest absolute Gasteiger partial charge is 0.363 e. The molecule has 0 saturated carbocycles. The summed E-state index contributed by atoms with van der Waals surface area (Å²) in [5.74, 6) is 0.607. The van der Waals surface area contributed by atoms with Crippen molar-refractivity contribution in [3.8, 4) is 5.75 Å². The lowest BCUT2D eigenvalue weighted by atomic mass is 10.1. The van der Waals surface area contributed by atoms with Crippen molar-refractivity contribution in [2.24, 2.45) is 4.99 Å². The second kappa shape index (κ2) is 7.87. The number of hydrogen-bond acceptors (Lipinski definition) is 5. The lowest BCUT2D eigenvalue weighted by Gasteiger charge is -2.20. The summed E-state index contributed by atoms with van der Waals surface area (Å²) < 4.78 is 10.4. The zero-order valence-corrected chi connectivity index (χ0v) is 15.2. The molecule has 0 N–H and O–H groups in total. The van der Waals surface area contributed by atoms with Crippen LogP contribution in [0.5, 0.6) is 5.75 Å². The predicted octanol–water partition coefficient (Wildman–Crippen LogP) is 3.89. The minimum atomic E-state index is -0.441. The van der Waals surface area contributed by atoms with Crippen LogP contribution in [0.1, 0.15) is 25.0 Å². The van der Waals surface area contributed by atoms with E-state index < -0.39 is 5.97 Å². The third-order valence-corrected chi connectivity index (χ3v) is 4.28. The number of esters is 1. The van der Waals surface area contributed by atoms with Gasteiger partial charge in [0.15, 0.2) is 5.70 Å². The van der Waals surface area contributed by atoms with Gasteiger partial charge >= 0.3 is 5.97 Å². The number of benzene rings is 2. The maximum atomic E-state index is 12.1. The van der Waals surface area contributed by atoms with Crippen LogP contribution < -0.4 is 9.64 Å². The Morgan fingerprint density at radius 1 is 1.04 bits per heavy atom. The van der Waals surface area contributed by atoms with Gasteiger partial charge in [-0.25, -0.2) is 9.79 Å². The molecule has 3 rings (SSSR count). The molecule has 2 aromatic rings. The van der Waals surface area contributed by atoms with Gasteiger partial charge in [0.25, 0.3) is 0 Å². The molecule has 0 aromatic heterocycles. The fraction of sp³-hybridized carbons (Fsp3) is 0.238. The van der Waals surface area contributed by atoms with Crippen LogP contribution in [0.25, 0.3) is 6.08 Å². The Morgan fingerprint density at radius 3 is 2.27 bits per heavy atom. The molecule has 5 heteroatoms. The van der Waals surface area contributed by atoms with Crippen molar-refractivity contribution in [3.05, 3.63) is 65.4 Å². The maximum absolute atomic E-state index is 12.1. The van der Waals surface area contributed by atoms with Crippen molar-refractivity contribution < 1.29 is 14.3 Å². The van der Waals surface area contributed by atoms with Gasteiger partial charge in [-0.15, -0.1) is 0 Å². The number of ether oxygens (including phenoxy) is 2. The van der Waals surface area contributed by atoms with Crippen LogP contribution in [0.3, 0.4) is 0 Å². The van der Waals surface area contributed by atoms with Crippen molar-refractivity contribution in [1.29, 1.82) is 0 Å². The molecule has 0 saturated heterocycles. The fourth-order valence-corrected chi connectivity index (χ4v) is 2.79. The number of anilines is 1. The molecule has 5 nitrogen and oxygen atoms in total. The number of nitrogens with zero attached hydrogens (tertiary/aromatic N) is 2. The third-order valence-electron chi connectivity index (χ3n) is 4.28. The highest BCUT2D eigenvalue weighted by Gasteiger charge is 2.24. The average Bonchev–Trinajstić information content (AvgIpc) is 3.04. The van der Waals surface area contributed by atoms with E-state index in [1.54, 1.807) is 25.3 Å². The van der Waals surface area contributed by atoms with Crippen LogP contribution in [0.4, 0.5) is 5.69 Å². The van der Waals surface area contributed by atoms with E-state index in [-0.39, 0.29) is 0 Å². The molecule has 0 spiro atoms. The molecule has 0 unspecified atom stereocenters. The quantitative estimate of drug-likeness (QED) is 0.586. The summed E-state index contributed by atoms with van der Waals surface area (Å²) >= 11 is 0. The number of carbonyl (C=O) groups is 1. The monoisotopic (exact) mass is 350 g/mol. The molecule has 2 aromatic carbocycles. The zero-order valence-electron chi connectivity index (χ0n) is 15.2. The first-order valence-electron chi connectivity index (χ1n) is 8.66. The van der Waals surface area contributed by atoms with Gasteiger partial charge < -0.3 is 14.4 Å². The van der Waals surface area contributed by atoms with Crippen LogP contribution in [0.15, 0.2) is 59.2 Å². The normalized spacial score (nSPS) is 15.0. The van der Waals surface area contributed by atoms with Crippen LogP contribution >= 0.6 is 0 Å². The Bertz CT molecular complexity index is 833. The number of hydrogen-bond donors (Lipinski definition) is 0. The average molecular weight is 350 g/mol. The van der Waals surface area contributed by atoms with E-state index in [9.17, 15) is 4.79 Å². The second-order valence-corrected chi connectivity index (χ2v) is 5.83. The zero-order chi connectivity index (χ0) is 18.5. The van der Waals surface area contributed by atoms with Crippen molar-refractivity contribution >= 4 is 23.6 Å². The van der Waals surface area contributed by atoms with Crippen LogP contribution in [-0.2, 0) is 9.53 Å². The molecule has 1 aliphatic heterocycles. The Kier molecular flexibility index (Phi) is 5.37. The summed E-state index contributed by atoms with van der Waals surface area (Å²) in [5.41, 5.74) is 3.10. The Labute approximate surface area is 153 Å². The predicted molar refractivity (Wildman–Crippen MR) is 104 cm³/mol. The lowest BCUT2D eigenvalue weighted by Crippen LogP contribution is -2.21. The Balaban J connectivity index is 1.81. The number of aliphatic imine (C=N–C) groups is 1. The van der Waals surface area contributed by atoms with Crippen molar-refractivity contribution in [2.75, 3.05) is 25.1 Å². The summed E-state index contributed by atoms with van der Waals surface area (Å²) in [6, 6.07) is 15.3. The van der Waals surface area contributed by atoms with Crippen molar-refractivity contribution in [2.45, 2.75) is 13.8 Å². The van der Waals surface area contributed by atoms with E-state index in [4.69, 9.17) is 9.47 Å². The molecule has 1 aliphatic rings. The number of cyclic esters (lactones) is 1. The SMILES string of the molecule is CCN(CC)c1ccc(/C=C2\N=C(c3ccc(OC)cc3)OC2=O)cc1. The maximum Gasteiger partial charge on any atom is 0.363 e. The number of carbonyl (C=O) groups excluding carboxylic acids is 1. The molecule has 0 atom stereocenters. The minimum absolute atomic E-state index is 0.298. The number of methoxy groups -OCH3 is 1. The molecule has 0 bridgehead atoms. The summed E-state index contributed by atoms with van der Waals surface area (Å²) in [6.45, 7) is 6.17. The highest BCUT2D eigenvalue weighted by Crippen LogP contribution is 2.22. The Morgan fingerprint density at radius 2 is 1.69 bits per heavy atom. The minimum Gasteiger partial charge on any atom is -0.497 e. The van der Waals surface area contributed by atoms with Gasteiger partial charge in [-0.1, -0.05) is 12.1 Å². The first kappa shape index (κ1) is 17.7. The van der Waals surface area contributed by atoms with Crippen LogP contribution in [0.2, 0.25) is 0 Å². The van der Waals surface area contributed by atoms with Crippen molar-refractivity contribution in [1.82, 2.24) is 0 Å². The highest BCUT2D eigenvalue weighted by atomic mass is 16.6. The molecule has 134 valence electrons. The number of rotatable bonds is 6. The lowest BCUT2D eigenvalue weighted by molar-refractivity contribution is -0.129. The third kappa shape index (κ3) is 3.77. The van der Waals surface area contributed by atoms with Gasteiger partial charge in [0, 0.05) is 24.3 Å². The molecule has 0 amide bonds. The molecular weight excluding hydrogens is 328 g/mol. The van der Waals surface area contributed by atoms with Crippen molar-refractivity contribution in [3.63, 3.8) is 0 Å². The van der Waals surface area contributed by atoms with Crippen LogP contribution in [-0.4, -0.2) is 32.1 Å². The topological polar surface area (TPSA) is 51.1 Å². The van der Waals surface area contributed by atoms with E-state index in [1.807, 2.05) is 36.4 Å². The first-order chi connectivity index (χ1) is 12.6. The molecular formula is C21H22N2O3. The standard InChI is InChI=1S/C21H22N2O3/c1-4-23(5-2)17-10-6-15(7-11-17)14-19-21(24)26-20(22-19)16-8-12-18(25-3)13-9-16/h6-14H,4-5H2,1-3H3/b19-14-. The van der Waals surface area contributed by atoms with Gasteiger partial charge in [-0.3, -0.25) is 0 Å². The summed E-state index contributed by atoms with van der Waals surface area (Å²) in [6.07, 6.45) is 1.74. The van der Waals surface area contributed by atoms with Gasteiger partial charge in [-0.2, -0.15) is 0 Å². The summed E-state index contributed by atoms with van der Waals surface area (Å²) in [7, 11) is 1.61. The molecule has 0 fully saturated rings. The van der Waals surface area contributed by atoms with E-state index in [1.165, 1.54) is 0 Å². The summed E-state index contributed by atoms with van der Waals surface area (Å²) in [4.78, 5) is 18.7. The van der Waals surface area contributed by atoms with Gasteiger partial charge in [-0.05, 0) is 61.9 Å². The first-order valence-corrected chi connectivity index (χ1v) is 8.66. The second-order valence-electron chi connectivity index (χ2n) is 5.83.